The lowest BCUT2D eigenvalue weighted by Crippen LogP contribution is -2.30. The van der Waals surface area contributed by atoms with Gasteiger partial charge in [0, 0.05) is 12.2 Å². The molecular weight excluding hydrogens is 136 g/mol. The van der Waals surface area contributed by atoms with Crippen molar-refractivity contribution >= 4 is 0 Å². The molecule has 2 nitrogen and oxygen atoms in total. The summed E-state index contributed by atoms with van der Waals surface area (Å²) in [4.78, 5) is 0. The van der Waals surface area contributed by atoms with Crippen molar-refractivity contribution in [2.75, 3.05) is 6.54 Å². The molecule has 0 fully saturated rings. The minimum absolute atomic E-state index is 0.929. The summed E-state index contributed by atoms with van der Waals surface area (Å²) in [6.07, 6.45) is 8.23. The Bertz CT molecular complexity index is 198. The lowest BCUT2D eigenvalue weighted by molar-refractivity contribution is 0.623. The van der Waals surface area contributed by atoms with E-state index in [9.17, 15) is 0 Å². The van der Waals surface area contributed by atoms with Crippen LogP contribution in [0, 0.1) is 0 Å². The molecule has 2 N–H and O–H groups in total. The maximum absolute atomic E-state index is 3.10. The average molecular weight is 150 g/mol. The zero-order valence-electron chi connectivity index (χ0n) is 7.02. The van der Waals surface area contributed by atoms with E-state index in [1.165, 1.54) is 5.57 Å². The molecule has 0 aromatic heterocycles. The number of nitrogens with one attached hydrogen (secondary N) is 2. The van der Waals surface area contributed by atoms with Gasteiger partial charge in [0.05, 0.1) is 0 Å². The summed E-state index contributed by atoms with van der Waals surface area (Å²) in [7, 11) is 0. The Morgan fingerprint density at radius 2 is 2.00 bits per heavy atom. The summed E-state index contributed by atoms with van der Waals surface area (Å²) in [6.45, 7) is 5.04. The van der Waals surface area contributed by atoms with Gasteiger partial charge in [0.2, 0.25) is 0 Å². The van der Waals surface area contributed by atoms with Crippen molar-refractivity contribution in [2.45, 2.75) is 13.8 Å². The van der Waals surface area contributed by atoms with Crippen molar-refractivity contribution in [3.8, 4) is 0 Å². The van der Waals surface area contributed by atoms with Gasteiger partial charge in [0.15, 0.2) is 0 Å². The maximum atomic E-state index is 3.10. The van der Waals surface area contributed by atoms with Crippen molar-refractivity contribution < 1.29 is 0 Å². The molecule has 0 bridgehead atoms. The smallest absolute Gasteiger partial charge is 0.0303 e. The molecule has 0 heterocycles. The number of hydrogen-bond donors (Lipinski definition) is 2. The number of rotatable bonds is 3. The zero-order valence-corrected chi connectivity index (χ0v) is 7.02. The van der Waals surface area contributed by atoms with Crippen molar-refractivity contribution in [3.05, 3.63) is 35.6 Å². The zero-order chi connectivity index (χ0) is 8.10. The van der Waals surface area contributed by atoms with Gasteiger partial charge in [-0.2, -0.15) is 0 Å². The lowest BCUT2D eigenvalue weighted by Gasteiger charge is -2.07. The Hall–Kier alpha value is -1.02. The molecule has 0 unspecified atom stereocenters. The van der Waals surface area contributed by atoms with E-state index in [2.05, 4.69) is 36.9 Å². The van der Waals surface area contributed by atoms with Gasteiger partial charge in [0.1, 0.15) is 0 Å². The molecule has 0 atom stereocenters. The van der Waals surface area contributed by atoms with Gasteiger partial charge in [-0.25, -0.2) is 5.43 Å². The van der Waals surface area contributed by atoms with E-state index in [-0.39, 0.29) is 0 Å². The molecule has 0 amide bonds. The second-order valence-corrected chi connectivity index (χ2v) is 2.45. The molecule has 0 aromatic carbocycles. The predicted octanol–water partition coefficient (Wildman–Crippen LogP) is 1.50. The standard InChI is InChI=1S/C9H14N2/c1-3-10-11-8(2)9-6-4-5-7-9/h4-7,10-11H,3H2,1-2H3. The van der Waals surface area contributed by atoms with Crippen LogP contribution in [0.4, 0.5) is 0 Å². The molecule has 0 spiro atoms. The molecule has 60 valence electrons. The third kappa shape index (κ3) is 2.24. The summed E-state index contributed by atoms with van der Waals surface area (Å²) in [5, 5.41) is 0. The molecule has 0 aromatic rings. The van der Waals surface area contributed by atoms with E-state index >= 15 is 0 Å². The second-order valence-electron chi connectivity index (χ2n) is 2.45. The van der Waals surface area contributed by atoms with Crippen LogP contribution >= 0.6 is 0 Å². The van der Waals surface area contributed by atoms with Gasteiger partial charge in [-0.1, -0.05) is 31.2 Å². The van der Waals surface area contributed by atoms with Gasteiger partial charge >= 0.3 is 0 Å². The highest BCUT2D eigenvalue weighted by Gasteiger charge is 1.96. The van der Waals surface area contributed by atoms with Crippen molar-refractivity contribution in [2.24, 2.45) is 0 Å². The van der Waals surface area contributed by atoms with Gasteiger partial charge in [0.25, 0.3) is 0 Å². The van der Waals surface area contributed by atoms with E-state index in [1.54, 1.807) is 0 Å². The summed E-state index contributed by atoms with van der Waals surface area (Å²) in [5.41, 5.74) is 8.56. The first-order valence-electron chi connectivity index (χ1n) is 3.89. The molecule has 0 radical (unpaired) electrons. The first kappa shape index (κ1) is 8.08. The molecular formula is C9H14N2. The van der Waals surface area contributed by atoms with Crippen LogP contribution in [0.2, 0.25) is 0 Å². The summed E-state index contributed by atoms with van der Waals surface area (Å²) in [6, 6.07) is 0. The molecule has 0 aliphatic heterocycles. The Morgan fingerprint density at radius 3 is 2.55 bits per heavy atom. The first-order chi connectivity index (χ1) is 5.34. The largest absolute Gasteiger partial charge is 0.325 e. The molecule has 2 heteroatoms. The molecule has 1 aliphatic carbocycles. The SMILES string of the molecule is CCNNC(C)=C1C=CC=C1. The average Bonchev–Trinajstić information content (AvgIpc) is 2.52. The molecule has 1 aliphatic rings. The highest BCUT2D eigenvalue weighted by atomic mass is 15.3. The summed E-state index contributed by atoms with van der Waals surface area (Å²) < 4.78 is 0. The Morgan fingerprint density at radius 1 is 1.36 bits per heavy atom. The van der Waals surface area contributed by atoms with Gasteiger partial charge in [-0.15, -0.1) is 0 Å². The quantitative estimate of drug-likeness (QED) is 0.596. The van der Waals surface area contributed by atoms with Crippen LogP contribution in [0.15, 0.2) is 35.6 Å². The Labute approximate surface area is 67.7 Å². The van der Waals surface area contributed by atoms with Crippen molar-refractivity contribution in [3.63, 3.8) is 0 Å². The van der Waals surface area contributed by atoms with E-state index in [0.29, 0.717) is 0 Å². The molecule has 11 heavy (non-hydrogen) atoms. The molecule has 0 saturated heterocycles. The summed E-state index contributed by atoms with van der Waals surface area (Å²) >= 11 is 0. The minimum Gasteiger partial charge on any atom is -0.325 e. The van der Waals surface area contributed by atoms with Crippen LogP contribution in [-0.2, 0) is 0 Å². The van der Waals surface area contributed by atoms with Crippen LogP contribution in [0.25, 0.3) is 0 Å². The van der Waals surface area contributed by atoms with Crippen LogP contribution in [-0.4, -0.2) is 6.54 Å². The highest BCUT2D eigenvalue weighted by molar-refractivity contribution is 5.42. The van der Waals surface area contributed by atoms with Crippen LogP contribution in [0.1, 0.15) is 13.8 Å². The predicted molar refractivity (Wildman–Crippen MR) is 47.8 cm³/mol. The summed E-state index contributed by atoms with van der Waals surface area (Å²) in [5.74, 6) is 0. The monoisotopic (exact) mass is 150 g/mol. The van der Waals surface area contributed by atoms with Crippen molar-refractivity contribution in [1.82, 2.24) is 10.9 Å². The van der Waals surface area contributed by atoms with Crippen molar-refractivity contribution in [1.29, 1.82) is 0 Å². The van der Waals surface area contributed by atoms with E-state index in [0.717, 1.165) is 12.2 Å². The number of hydrogen-bond acceptors (Lipinski definition) is 2. The fraction of sp³-hybridized carbons (Fsp3) is 0.333. The van der Waals surface area contributed by atoms with Crippen LogP contribution < -0.4 is 10.9 Å². The lowest BCUT2D eigenvalue weighted by atomic mass is 10.2. The third-order valence-electron chi connectivity index (χ3n) is 1.55. The van der Waals surface area contributed by atoms with Crippen LogP contribution in [0.5, 0.6) is 0 Å². The Kier molecular flexibility index (Phi) is 2.93. The van der Waals surface area contributed by atoms with Gasteiger partial charge in [-0.3, -0.25) is 0 Å². The number of hydrazine groups is 1. The topological polar surface area (TPSA) is 24.1 Å². The van der Waals surface area contributed by atoms with Gasteiger partial charge in [-0.05, 0) is 12.5 Å². The van der Waals surface area contributed by atoms with Crippen LogP contribution in [0.3, 0.4) is 0 Å². The fourth-order valence-electron chi connectivity index (χ4n) is 0.917. The van der Waals surface area contributed by atoms with E-state index < -0.39 is 0 Å². The maximum Gasteiger partial charge on any atom is 0.0303 e. The molecule has 1 rings (SSSR count). The number of allylic oxidation sites excluding steroid dienone is 6. The highest BCUT2D eigenvalue weighted by Crippen LogP contribution is 2.09. The third-order valence-corrected chi connectivity index (χ3v) is 1.55. The normalized spacial score (nSPS) is 14.2. The fourth-order valence-corrected chi connectivity index (χ4v) is 0.917. The van der Waals surface area contributed by atoms with E-state index in [1.807, 2.05) is 12.2 Å². The molecule has 0 saturated carbocycles. The van der Waals surface area contributed by atoms with E-state index in [4.69, 9.17) is 0 Å². The van der Waals surface area contributed by atoms with Gasteiger partial charge < -0.3 is 5.43 Å². The Balaban J connectivity index is 2.50. The minimum atomic E-state index is 0.929. The first-order valence-corrected chi connectivity index (χ1v) is 3.89. The second kappa shape index (κ2) is 3.98.